The van der Waals surface area contributed by atoms with Gasteiger partial charge in [-0.3, -0.25) is 0 Å². The van der Waals surface area contributed by atoms with E-state index >= 15 is 0 Å². The van der Waals surface area contributed by atoms with Crippen LogP contribution in [0, 0.1) is 0 Å². The summed E-state index contributed by atoms with van der Waals surface area (Å²) in [4.78, 5) is 9.02. The predicted molar refractivity (Wildman–Crippen MR) is 80.6 cm³/mol. The van der Waals surface area contributed by atoms with Gasteiger partial charge < -0.3 is 0 Å². The van der Waals surface area contributed by atoms with Crippen molar-refractivity contribution in [2.45, 2.75) is 19.8 Å². The Morgan fingerprint density at radius 1 is 0.941 bits per heavy atom. The van der Waals surface area contributed by atoms with Crippen LogP contribution in [0.4, 0.5) is 0 Å². The summed E-state index contributed by atoms with van der Waals surface area (Å²) in [7, 11) is 1.92. The van der Waals surface area contributed by atoms with E-state index in [4.69, 9.17) is 0 Å². The summed E-state index contributed by atoms with van der Waals surface area (Å²) in [5.74, 6) is 1.28. The van der Waals surface area contributed by atoms with Gasteiger partial charge in [-0.1, -0.05) is 0 Å². The molecule has 0 radical (unpaired) electrons. The molecule has 0 aliphatic heterocycles. The van der Waals surface area contributed by atoms with Gasteiger partial charge in [-0.15, -0.1) is 0 Å². The average molecular weight is 207 g/mol. The van der Waals surface area contributed by atoms with Crippen molar-refractivity contribution in [2.75, 3.05) is 0 Å². The fourth-order valence-electron chi connectivity index (χ4n) is 2.01. The minimum absolute atomic E-state index is 0.367. The minimum atomic E-state index is 0.367. The van der Waals surface area contributed by atoms with E-state index in [2.05, 4.69) is 64.5 Å². The summed E-state index contributed by atoms with van der Waals surface area (Å²) in [6.45, 7) is 16.9. The summed E-state index contributed by atoms with van der Waals surface area (Å²) >= 11 is 0. The van der Waals surface area contributed by atoms with Crippen molar-refractivity contribution >= 4 is 68.8 Å². The zero-order chi connectivity index (χ0) is 11.8. The Morgan fingerprint density at radius 3 is 2.35 bits per heavy atom. The van der Waals surface area contributed by atoms with Gasteiger partial charge in [-0.25, -0.2) is 0 Å². The molecule has 3 heterocycles. The topological polar surface area (TPSA) is 25.8 Å². The standard InChI is InChI=1S/C8H7B7N2/c1-3(2)8-16-7-6(13-17-8)9-4-5(10-7)12-15-14-11-4/h3H,1-2H3. The van der Waals surface area contributed by atoms with E-state index in [1.165, 1.54) is 10.4 Å². The fourth-order valence-corrected chi connectivity index (χ4v) is 2.01. The van der Waals surface area contributed by atoms with Gasteiger partial charge in [0.1, 0.15) is 0 Å². The third-order valence-corrected chi connectivity index (χ3v) is 2.98. The molecule has 0 atom stereocenters. The van der Waals surface area contributed by atoms with Gasteiger partial charge in [0, 0.05) is 0 Å². The van der Waals surface area contributed by atoms with Gasteiger partial charge in [0.2, 0.25) is 0 Å². The number of rotatable bonds is 1. The van der Waals surface area contributed by atoms with Crippen LogP contribution in [0.3, 0.4) is 0 Å². The first-order chi connectivity index (χ1) is 8.24. The van der Waals surface area contributed by atoms with Crippen molar-refractivity contribution in [2.24, 2.45) is 0 Å². The number of fused-ring (bicyclic) bond motifs is 2. The number of nitrogens with zero attached hydrogens (tertiary/aromatic N) is 2. The van der Waals surface area contributed by atoms with E-state index in [0.29, 0.717) is 5.92 Å². The Kier molecular flexibility index (Phi) is 3.10. The molecule has 0 spiro atoms. The molecule has 2 nitrogen and oxygen atoms in total. The predicted octanol–water partition coefficient (Wildman–Crippen LogP) is -0.727. The molecule has 0 saturated carbocycles. The normalized spacial score (nSPS) is 9.82. The molecule has 3 aromatic rings. The first-order valence-electron chi connectivity index (χ1n) is 5.89. The van der Waals surface area contributed by atoms with E-state index in [0.717, 1.165) is 16.4 Å². The van der Waals surface area contributed by atoms with E-state index in [9.17, 15) is 0 Å². The second kappa shape index (κ2) is 4.58. The molecule has 0 fully saturated rings. The molecule has 0 amide bonds. The third-order valence-electron chi connectivity index (χ3n) is 2.98. The molecule has 3 rings (SSSR count). The second-order valence-electron chi connectivity index (χ2n) is 4.64. The third kappa shape index (κ3) is 2.21. The van der Waals surface area contributed by atoms with Crippen molar-refractivity contribution in [3.05, 3.63) is 5.82 Å². The Labute approximate surface area is 104 Å². The zero-order valence-electron chi connectivity index (χ0n) is 10.0. The summed E-state index contributed by atoms with van der Waals surface area (Å²) in [5.41, 5.74) is 1.03. The molecular weight excluding hydrogens is 200 g/mol. The van der Waals surface area contributed by atoms with Crippen LogP contribution < -0.4 is 0 Å². The van der Waals surface area contributed by atoms with Gasteiger partial charge >= 0.3 is 104 Å². The Morgan fingerprint density at radius 2 is 1.65 bits per heavy atom. The summed E-state index contributed by atoms with van der Waals surface area (Å²) < 4.78 is 0. The molecular formula is C8H7B7N2. The molecule has 0 N–H and O–H groups in total. The molecule has 9 heteroatoms. The SMILES string of the molecule is CC(C)c1nbc2bc3bbbbc3bc2n1. The average Bonchev–Trinajstić information content (AvgIpc) is 2.35. The Hall–Kier alpha value is -0.595. The van der Waals surface area contributed by atoms with E-state index in [1.54, 1.807) is 0 Å². The molecule has 0 aromatic carbocycles. The summed E-state index contributed by atoms with van der Waals surface area (Å²) in [6, 6.07) is 0. The van der Waals surface area contributed by atoms with Crippen LogP contribution >= 0.6 is 0 Å². The zero-order valence-corrected chi connectivity index (χ0v) is 10.0. The number of hydrogen-bond donors (Lipinski definition) is 0. The monoisotopic (exact) mass is 208 g/mol. The number of hydrogen-bond acceptors (Lipinski definition) is 2. The maximum atomic E-state index is 4.61. The first kappa shape index (κ1) is 11.5. The van der Waals surface area contributed by atoms with Crippen LogP contribution in [0.1, 0.15) is 25.6 Å². The Bertz CT molecular complexity index is 702. The van der Waals surface area contributed by atoms with Gasteiger partial charge in [0.05, 0.1) is 0 Å². The van der Waals surface area contributed by atoms with Gasteiger partial charge in [0.25, 0.3) is 0 Å². The fraction of sp³-hybridized carbons (Fsp3) is 0.375. The molecule has 0 aliphatic carbocycles. The second-order valence-corrected chi connectivity index (χ2v) is 4.64. The van der Waals surface area contributed by atoms with Crippen LogP contribution in [0.5, 0.6) is 0 Å². The van der Waals surface area contributed by atoms with Crippen LogP contribution in [0.25, 0.3) is 20.9 Å². The van der Waals surface area contributed by atoms with Crippen LogP contribution in [0.2, 0.25) is 0 Å². The van der Waals surface area contributed by atoms with E-state index < -0.39 is 0 Å². The van der Waals surface area contributed by atoms with Crippen molar-refractivity contribution in [1.82, 2.24) is 9.88 Å². The molecule has 17 heavy (non-hydrogen) atoms. The molecule has 70 valence electrons. The van der Waals surface area contributed by atoms with Crippen molar-refractivity contribution in [3.8, 4) is 0 Å². The van der Waals surface area contributed by atoms with Crippen LogP contribution in [-0.2, 0) is 0 Å². The summed E-state index contributed by atoms with van der Waals surface area (Å²) in [6.07, 6.45) is 0. The van der Waals surface area contributed by atoms with Crippen molar-refractivity contribution < 1.29 is 0 Å². The molecule has 0 unspecified atom stereocenters. The first-order valence-corrected chi connectivity index (χ1v) is 5.89. The molecule has 0 bridgehead atoms. The molecule has 0 aliphatic rings. The maximum absolute atomic E-state index is 4.61. The van der Waals surface area contributed by atoms with Gasteiger partial charge in [0.15, 0.2) is 0 Å². The quantitative estimate of drug-likeness (QED) is 0.491. The van der Waals surface area contributed by atoms with E-state index in [-0.39, 0.29) is 0 Å². The summed E-state index contributed by atoms with van der Waals surface area (Å²) in [5, 5.41) is 3.57. The molecule has 0 saturated heterocycles. The van der Waals surface area contributed by atoms with Crippen molar-refractivity contribution in [1.29, 1.82) is 0 Å². The molecule has 3 aromatic heterocycles. The Balaban J connectivity index is 2.32. The van der Waals surface area contributed by atoms with Crippen molar-refractivity contribution in [3.63, 3.8) is 0 Å². The van der Waals surface area contributed by atoms with Gasteiger partial charge in [-0.2, -0.15) is 0 Å². The number of aromatic nitrogens is 2. The van der Waals surface area contributed by atoms with Crippen LogP contribution in [-0.4, -0.2) is 57.7 Å². The van der Waals surface area contributed by atoms with Gasteiger partial charge in [-0.05, 0) is 0 Å². The van der Waals surface area contributed by atoms with Crippen LogP contribution in [0.15, 0.2) is 0 Å². The van der Waals surface area contributed by atoms with E-state index in [1.807, 2.05) is 7.05 Å².